The maximum absolute atomic E-state index is 9.86. The summed E-state index contributed by atoms with van der Waals surface area (Å²) in [5, 5.41) is 24.2. The van der Waals surface area contributed by atoms with Crippen molar-refractivity contribution >= 4 is 16.6 Å². The second-order valence-electron chi connectivity index (χ2n) is 8.07. The Hall–Kier alpha value is -2.88. The van der Waals surface area contributed by atoms with E-state index in [0.29, 0.717) is 0 Å². The van der Waals surface area contributed by atoms with Gasteiger partial charge < -0.3 is 20.1 Å². The van der Waals surface area contributed by atoms with E-state index in [0.717, 1.165) is 35.7 Å². The quantitative estimate of drug-likeness (QED) is 0.553. The van der Waals surface area contributed by atoms with E-state index in [1.807, 2.05) is 6.07 Å². The summed E-state index contributed by atoms with van der Waals surface area (Å²) in [6, 6.07) is 13.8. The molecule has 0 amide bonds. The monoisotopic (exact) mass is 360 g/mol. The molecule has 27 heavy (non-hydrogen) atoms. The standard InChI is InChI=1S/C23H24N2O2/c1-14(23(9-10-23)17-5-8-21(26)22(27)13-17)24-18-6-7-19-16(11-18)12-20(25(19)2)15-3-4-15/h5-8,11-13,15,24,26-27H,1,3-4,9-10H2,2H3. The highest BCUT2D eigenvalue weighted by Gasteiger charge is 2.47. The average molecular weight is 360 g/mol. The summed E-state index contributed by atoms with van der Waals surface area (Å²) < 4.78 is 2.31. The summed E-state index contributed by atoms with van der Waals surface area (Å²) in [6.45, 7) is 4.29. The first-order valence-corrected chi connectivity index (χ1v) is 9.56. The number of hydrogen-bond donors (Lipinski definition) is 3. The molecule has 1 heterocycles. The minimum atomic E-state index is -0.171. The smallest absolute Gasteiger partial charge is 0.157 e. The van der Waals surface area contributed by atoms with Crippen molar-refractivity contribution in [2.75, 3.05) is 5.32 Å². The van der Waals surface area contributed by atoms with E-state index in [4.69, 9.17) is 0 Å². The van der Waals surface area contributed by atoms with Crippen molar-refractivity contribution in [3.05, 3.63) is 66.0 Å². The van der Waals surface area contributed by atoms with E-state index >= 15 is 0 Å². The lowest BCUT2D eigenvalue weighted by molar-refractivity contribution is 0.402. The van der Waals surface area contributed by atoms with Crippen molar-refractivity contribution in [1.82, 2.24) is 4.57 Å². The molecule has 0 aliphatic heterocycles. The summed E-state index contributed by atoms with van der Waals surface area (Å²) >= 11 is 0. The van der Waals surface area contributed by atoms with Crippen LogP contribution >= 0.6 is 0 Å². The van der Waals surface area contributed by atoms with Crippen molar-refractivity contribution in [1.29, 1.82) is 0 Å². The van der Waals surface area contributed by atoms with Gasteiger partial charge in [0.05, 0.1) is 0 Å². The van der Waals surface area contributed by atoms with Crippen LogP contribution in [0.5, 0.6) is 11.5 Å². The van der Waals surface area contributed by atoms with Gasteiger partial charge in [-0.25, -0.2) is 0 Å². The molecular formula is C23H24N2O2. The lowest BCUT2D eigenvalue weighted by atomic mass is 9.92. The number of nitrogens with one attached hydrogen (secondary N) is 1. The van der Waals surface area contributed by atoms with Crippen LogP contribution in [0, 0.1) is 0 Å². The van der Waals surface area contributed by atoms with Crippen LogP contribution in [0.15, 0.2) is 54.7 Å². The number of phenols is 2. The minimum absolute atomic E-state index is 0.0788. The third-order valence-corrected chi connectivity index (χ3v) is 6.23. The van der Waals surface area contributed by atoms with Gasteiger partial charge in [-0.1, -0.05) is 12.6 Å². The lowest BCUT2D eigenvalue weighted by Crippen LogP contribution is -2.16. The second-order valence-corrected chi connectivity index (χ2v) is 8.07. The van der Waals surface area contributed by atoms with Gasteiger partial charge >= 0.3 is 0 Å². The average Bonchev–Trinajstić information content (AvgIpc) is 3.56. The van der Waals surface area contributed by atoms with E-state index in [9.17, 15) is 10.2 Å². The highest BCUT2D eigenvalue weighted by molar-refractivity contribution is 5.85. The molecule has 138 valence electrons. The van der Waals surface area contributed by atoms with Crippen LogP contribution in [-0.2, 0) is 12.5 Å². The molecule has 0 saturated heterocycles. The van der Waals surface area contributed by atoms with Gasteiger partial charge in [0.2, 0.25) is 0 Å². The molecule has 4 nitrogen and oxygen atoms in total. The maximum atomic E-state index is 9.86. The molecule has 2 aliphatic rings. The Morgan fingerprint density at radius 2 is 1.85 bits per heavy atom. The summed E-state index contributed by atoms with van der Waals surface area (Å²) in [5.41, 5.74) is 5.49. The molecule has 0 bridgehead atoms. The zero-order valence-electron chi connectivity index (χ0n) is 15.5. The van der Waals surface area contributed by atoms with Crippen LogP contribution in [0.4, 0.5) is 5.69 Å². The number of fused-ring (bicyclic) bond motifs is 1. The van der Waals surface area contributed by atoms with E-state index in [1.54, 1.807) is 12.1 Å². The second kappa shape index (κ2) is 5.56. The Morgan fingerprint density at radius 3 is 2.52 bits per heavy atom. The fourth-order valence-corrected chi connectivity index (χ4v) is 4.22. The van der Waals surface area contributed by atoms with Crippen molar-refractivity contribution in [2.24, 2.45) is 7.05 Å². The number of nitrogens with zero attached hydrogens (tertiary/aromatic N) is 1. The van der Waals surface area contributed by atoms with E-state index in [1.165, 1.54) is 29.4 Å². The predicted molar refractivity (Wildman–Crippen MR) is 108 cm³/mol. The molecule has 2 saturated carbocycles. The van der Waals surface area contributed by atoms with Gasteiger partial charge in [-0.2, -0.15) is 0 Å². The lowest BCUT2D eigenvalue weighted by Gasteiger charge is -2.21. The Kier molecular flexibility index (Phi) is 3.36. The highest BCUT2D eigenvalue weighted by Crippen LogP contribution is 2.54. The van der Waals surface area contributed by atoms with Crippen LogP contribution in [-0.4, -0.2) is 14.8 Å². The molecule has 3 N–H and O–H groups in total. The normalized spacial score (nSPS) is 17.8. The molecular weight excluding hydrogens is 336 g/mol. The number of aromatic nitrogens is 1. The summed E-state index contributed by atoms with van der Waals surface area (Å²) in [5.74, 6) is 0.560. The van der Waals surface area contributed by atoms with Crippen LogP contribution in [0.25, 0.3) is 10.9 Å². The van der Waals surface area contributed by atoms with E-state index in [2.05, 4.69) is 47.8 Å². The molecule has 4 heteroatoms. The van der Waals surface area contributed by atoms with Crippen molar-refractivity contribution in [3.8, 4) is 11.5 Å². The summed E-state index contributed by atoms with van der Waals surface area (Å²) in [4.78, 5) is 0. The van der Waals surface area contributed by atoms with E-state index in [-0.39, 0.29) is 16.9 Å². The molecule has 0 spiro atoms. The van der Waals surface area contributed by atoms with Crippen molar-refractivity contribution in [3.63, 3.8) is 0 Å². The minimum Gasteiger partial charge on any atom is -0.504 e. The molecule has 1 aromatic heterocycles. The number of rotatable bonds is 5. The molecule has 0 atom stereocenters. The van der Waals surface area contributed by atoms with Gasteiger partial charge in [-0.15, -0.1) is 0 Å². The fraction of sp³-hybridized carbons (Fsp3) is 0.304. The predicted octanol–water partition coefficient (Wildman–Crippen LogP) is 5.12. The van der Waals surface area contributed by atoms with Crippen LogP contribution in [0.2, 0.25) is 0 Å². The first-order chi connectivity index (χ1) is 13.0. The Balaban J connectivity index is 1.42. The zero-order chi connectivity index (χ0) is 18.8. The molecule has 0 unspecified atom stereocenters. The fourth-order valence-electron chi connectivity index (χ4n) is 4.22. The van der Waals surface area contributed by atoms with Gasteiger partial charge in [-0.05, 0) is 73.6 Å². The Bertz CT molecular complexity index is 1070. The highest BCUT2D eigenvalue weighted by atomic mass is 16.3. The number of phenolic OH excluding ortho intramolecular Hbond substituents is 2. The first kappa shape index (κ1) is 16.3. The first-order valence-electron chi connectivity index (χ1n) is 9.56. The summed E-state index contributed by atoms with van der Waals surface area (Å²) in [7, 11) is 2.15. The number of aryl methyl sites for hydroxylation is 1. The van der Waals surface area contributed by atoms with Gasteiger partial charge in [0, 0.05) is 40.4 Å². The molecule has 3 aromatic rings. The van der Waals surface area contributed by atoms with Crippen LogP contribution in [0.1, 0.15) is 42.9 Å². The van der Waals surface area contributed by atoms with E-state index < -0.39 is 0 Å². The number of anilines is 1. The van der Waals surface area contributed by atoms with Crippen molar-refractivity contribution in [2.45, 2.75) is 37.0 Å². The Labute approximate surface area is 158 Å². The largest absolute Gasteiger partial charge is 0.504 e. The number of benzene rings is 2. The van der Waals surface area contributed by atoms with Gasteiger partial charge in [0.1, 0.15) is 0 Å². The van der Waals surface area contributed by atoms with Gasteiger partial charge in [0.25, 0.3) is 0 Å². The molecule has 0 radical (unpaired) electrons. The molecule has 2 aliphatic carbocycles. The number of allylic oxidation sites excluding steroid dienone is 1. The Morgan fingerprint density at radius 1 is 1.07 bits per heavy atom. The summed E-state index contributed by atoms with van der Waals surface area (Å²) in [6.07, 6.45) is 4.58. The molecule has 2 aromatic carbocycles. The topological polar surface area (TPSA) is 57.4 Å². The third kappa shape index (κ3) is 2.59. The van der Waals surface area contributed by atoms with Gasteiger partial charge in [-0.3, -0.25) is 0 Å². The SMILES string of the molecule is C=C(Nc1ccc2c(c1)cc(C1CC1)n2C)C1(c2ccc(O)c(O)c2)CC1. The zero-order valence-corrected chi connectivity index (χ0v) is 15.5. The number of hydrogen-bond acceptors (Lipinski definition) is 3. The van der Waals surface area contributed by atoms with Crippen molar-refractivity contribution < 1.29 is 10.2 Å². The maximum Gasteiger partial charge on any atom is 0.157 e. The molecule has 5 rings (SSSR count). The number of aromatic hydroxyl groups is 2. The third-order valence-electron chi connectivity index (χ3n) is 6.23. The molecule has 2 fully saturated rings. The van der Waals surface area contributed by atoms with Gasteiger partial charge in [0.15, 0.2) is 11.5 Å². The van der Waals surface area contributed by atoms with Crippen LogP contribution in [0.3, 0.4) is 0 Å². The van der Waals surface area contributed by atoms with Crippen LogP contribution < -0.4 is 5.32 Å².